The van der Waals surface area contributed by atoms with Gasteiger partial charge in [0.1, 0.15) is 5.78 Å². The minimum absolute atomic E-state index is 0.314. The minimum atomic E-state index is 0.314. The molecule has 0 amide bonds. The lowest BCUT2D eigenvalue weighted by Crippen LogP contribution is -1.93. The van der Waals surface area contributed by atoms with Crippen LogP contribution in [0.4, 0.5) is 0 Å². The summed E-state index contributed by atoms with van der Waals surface area (Å²) < 4.78 is 0. The molecular formula is C15H20O. The molecule has 0 atom stereocenters. The number of benzene rings is 1. The number of unbranched alkanes of at least 4 members (excludes halogenated alkanes) is 1. The largest absolute Gasteiger partial charge is 0.300 e. The molecule has 1 aromatic carbocycles. The number of rotatable bonds is 5. The molecule has 1 aliphatic rings. The van der Waals surface area contributed by atoms with Crippen LogP contribution in [0.5, 0.6) is 0 Å². The maximum atomic E-state index is 10.8. The van der Waals surface area contributed by atoms with Crippen LogP contribution in [0.1, 0.15) is 49.3 Å². The number of hydrogen-bond acceptors (Lipinski definition) is 1. The number of carbonyl (C=O) groups excluding carboxylic acids is 1. The third kappa shape index (κ3) is 2.94. The molecule has 2 rings (SSSR count). The quantitative estimate of drug-likeness (QED) is 0.689. The maximum Gasteiger partial charge on any atom is 0.129 e. The second kappa shape index (κ2) is 5.29. The fourth-order valence-corrected chi connectivity index (χ4v) is 2.48. The molecular weight excluding hydrogens is 196 g/mol. The molecule has 0 N–H and O–H groups in total. The molecule has 1 aliphatic carbocycles. The molecule has 0 radical (unpaired) electrons. The van der Waals surface area contributed by atoms with Crippen molar-refractivity contribution in [3.63, 3.8) is 0 Å². The lowest BCUT2D eigenvalue weighted by Gasteiger charge is -2.04. The van der Waals surface area contributed by atoms with Gasteiger partial charge in [-0.2, -0.15) is 0 Å². The van der Waals surface area contributed by atoms with Crippen LogP contribution in [0, 0.1) is 0 Å². The summed E-state index contributed by atoms with van der Waals surface area (Å²) in [6.07, 6.45) is 7.88. The molecule has 0 aliphatic heterocycles. The van der Waals surface area contributed by atoms with E-state index in [0.717, 1.165) is 25.7 Å². The summed E-state index contributed by atoms with van der Waals surface area (Å²) in [7, 11) is 0. The van der Waals surface area contributed by atoms with Gasteiger partial charge in [0.2, 0.25) is 0 Å². The van der Waals surface area contributed by atoms with Gasteiger partial charge in [-0.05, 0) is 62.1 Å². The van der Waals surface area contributed by atoms with Crippen LogP contribution in [-0.4, -0.2) is 5.78 Å². The predicted molar refractivity (Wildman–Crippen MR) is 66.7 cm³/mol. The van der Waals surface area contributed by atoms with E-state index in [-0.39, 0.29) is 0 Å². The molecule has 0 fully saturated rings. The summed E-state index contributed by atoms with van der Waals surface area (Å²) in [5.41, 5.74) is 4.56. The Morgan fingerprint density at radius 1 is 1.19 bits per heavy atom. The number of Topliss-reactive ketones (excluding diaryl/α,β-unsaturated/α-hetero) is 1. The normalized spacial score (nSPS) is 13.8. The Morgan fingerprint density at radius 3 is 2.81 bits per heavy atom. The standard InChI is InChI=1S/C15H20O/c1-12(16)5-2-3-6-13-9-10-14-7-4-8-15(14)11-13/h9-11H,2-8H2,1H3. The van der Waals surface area contributed by atoms with Crippen molar-refractivity contribution in [1.29, 1.82) is 0 Å². The van der Waals surface area contributed by atoms with E-state index >= 15 is 0 Å². The van der Waals surface area contributed by atoms with E-state index in [1.165, 1.54) is 24.8 Å². The zero-order valence-electron chi connectivity index (χ0n) is 10.1. The Labute approximate surface area is 97.9 Å². The second-order valence-corrected chi connectivity index (χ2v) is 4.87. The van der Waals surface area contributed by atoms with Gasteiger partial charge in [0, 0.05) is 6.42 Å². The summed E-state index contributed by atoms with van der Waals surface area (Å²) in [6.45, 7) is 1.68. The highest BCUT2D eigenvalue weighted by Crippen LogP contribution is 2.23. The molecule has 1 heteroatoms. The fourth-order valence-electron chi connectivity index (χ4n) is 2.48. The van der Waals surface area contributed by atoms with Gasteiger partial charge in [0.15, 0.2) is 0 Å². The Kier molecular flexibility index (Phi) is 3.76. The first-order valence-electron chi connectivity index (χ1n) is 6.36. The van der Waals surface area contributed by atoms with Gasteiger partial charge in [-0.1, -0.05) is 18.2 Å². The van der Waals surface area contributed by atoms with Gasteiger partial charge in [0.25, 0.3) is 0 Å². The zero-order chi connectivity index (χ0) is 11.4. The zero-order valence-corrected chi connectivity index (χ0v) is 10.1. The van der Waals surface area contributed by atoms with Crippen molar-refractivity contribution in [1.82, 2.24) is 0 Å². The molecule has 1 aromatic rings. The molecule has 0 aromatic heterocycles. The average molecular weight is 216 g/mol. The van der Waals surface area contributed by atoms with E-state index in [4.69, 9.17) is 0 Å². The smallest absolute Gasteiger partial charge is 0.129 e. The molecule has 86 valence electrons. The third-order valence-electron chi connectivity index (χ3n) is 3.41. The van der Waals surface area contributed by atoms with Gasteiger partial charge in [-0.15, -0.1) is 0 Å². The maximum absolute atomic E-state index is 10.8. The number of ketones is 1. The van der Waals surface area contributed by atoms with Crippen LogP contribution in [0.3, 0.4) is 0 Å². The molecule has 0 unspecified atom stereocenters. The van der Waals surface area contributed by atoms with Crippen LogP contribution in [0.25, 0.3) is 0 Å². The van der Waals surface area contributed by atoms with E-state index in [9.17, 15) is 4.79 Å². The molecule has 0 spiro atoms. The van der Waals surface area contributed by atoms with E-state index in [0.29, 0.717) is 5.78 Å². The van der Waals surface area contributed by atoms with Gasteiger partial charge in [0.05, 0.1) is 0 Å². The van der Waals surface area contributed by atoms with Crippen molar-refractivity contribution in [3.05, 3.63) is 34.9 Å². The Morgan fingerprint density at radius 2 is 2.00 bits per heavy atom. The van der Waals surface area contributed by atoms with Crippen LogP contribution in [0.2, 0.25) is 0 Å². The van der Waals surface area contributed by atoms with E-state index in [1.807, 2.05) is 0 Å². The predicted octanol–water partition coefficient (Wildman–Crippen LogP) is 3.48. The van der Waals surface area contributed by atoms with Gasteiger partial charge in [-0.3, -0.25) is 0 Å². The third-order valence-corrected chi connectivity index (χ3v) is 3.41. The molecule has 1 nitrogen and oxygen atoms in total. The van der Waals surface area contributed by atoms with E-state index in [1.54, 1.807) is 18.1 Å². The van der Waals surface area contributed by atoms with E-state index in [2.05, 4.69) is 18.2 Å². The summed E-state index contributed by atoms with van der Waals surface area (Å²) in [5.74, 6) is 0.314. The Balaban J connectivity index is 1.83. The minimum Gasteiger partial charge on any atom is -0.300 e. The number of carbonyl (C=O) groups is 1. The number of aryl methyl sites for hydroxylation is 3. The van der Waals surface area contributed by atoms with Crippen LogP contribution < -0.4 is 0 Å². The van der Waals surface area contributed by atoms with Crippen molar-refractivity contribution in [2.24, 2.45) is 0 Å². The summed E-state index contributed by atoms with van der Waals surface area (Å²) >= 11 is 0. The highest BCUT2D eigenvalue weighted by atomic mass is 16.1. The van der Waals surface area contributed by atoms with Gasteiger partial charge < -0.3 is 4.79 Å². The lowest BCUT2D eigenvalue weighted by atomic mass is 10.0. The average Bonchev–Trinajstić information content (AvgIpc) is 2.71. The monoisotopic (exact) mass is 216 g/mol. The highest BCUT2D eigenvalue weighted by Gasteiger charge is 2.10. The van der Waals surface area contributed by atoms with Crippen molar-refractivity contribution in [3.8, 4) is 0 Å². The highest BCUT2D eigenvalue weighted by molar-refractivity contribution is 5.75. The first-order valence-corrected chi connectivity index (χ1v) is 6.36. The van der Waals surface area contributed by atoms with Gasteiger partial charge >= 0.3 is 0 Å². The molecule has 0 saturated carbocycles. The van der Waals surface area contributed by atoms with Crippen molar-refractivity contribution in [2.45, 2.75) is 51.9 Å². The first-order chi connectivity index (χ1) is 7.75. The first kappa shape index (κ1) is 11.4. The molecule has 0 saturated heterocycles. The summed E-state index contributed by atoms with van der Waals surface area (Å²) in [5, 5.41) is 0. The Hall–Kier alpha value is -1.11. The van der Waals surface area contributed by atoms with Crippen molar-refractivity contribution in [2.75, 3.05) is 0 Å². The number of fused-ring (bicyclic) bond motifs is 1. The Bertz CT molecular complexity index is 379. The topological polar surface area (TPSA) is 17.1 Å². The molecule has 16 heavy (non-hydrogen) atoms. The molecule has 0 bridgehead atoms. The summed E-state index contributed by atoms with van der Waals surface area (Å²) in [6, 6.07) is 6.93. The van der Waals surface area contributed by atoms with Crippen LogP contribution in [-0.2, 0) is 24.1 Å². The SMILES string of the molecule is CC(=O)CCCCc1ccc2c(c1)CCC2. The van der Waals surface area contributed by atoms with Crippen LogP contribution in [0.15, 0.2) is 18.2 Å². The molecule has 0 heterocycles. The second-order valence-electron chi connectivity index (χ2n) is 4.87. The van der Waals surface area contributed by atoms with Crippen molar-refractivity contribution < 1.29 is 4.79 Å². The van der Waals surface area contributed by atoms with E-state index < -0.39 is 0 Å². The summed E-state index contributed by atoms with van der Waals surface area (Å²) in [4.78, 5) is 10.8. The lowest BCUT2D eigenvalue weighted by molar-refractivity contribution is -0.117. The van der Waals surface area contributed by atoms with Gasteiger partial charge in [-0.25, -0.2) is 0 Å². The van der Waals surface area contributed by atoms with Crippen molar-refractivity contribution >= 4 is 5.78 Å². The number of hydrogen-bond donors (Lipinski definition) is 0. The van der Waals surface area contributed by atoms with Crippen LogP contribution >= 0.6 is 0 Å². The fraction of sp³-hybridized carbons (Fsp3) is 0.533.